The van der Waals surface area contributed by atoms with Crippen molar-refractivity contribution in [3.63, 3.8) is 0 Å². The number of nitrogens with zero attached hydrogens (tertiary/aromatic N) is 3. The lowest BCUT2D eigenvalue weighted by atomic mass is 10.0. The van der Waals surface area contributed by atoms with Crippen molar-refractivity contribution in [3.8, 4) is 5.69 Å². The lowest BCUT2D eigenvalue weighted by molar-refractivity contribution is -0.538. The fourth-order valence-electron chi connectivity index (χ4n) is 7.90. The van der Waals surface area contributed by atoms with Crippen LogP contribution in [0.1, 0.15) is 79.7 Å². The molecule has 8 nitrogen and oxygen atoms in total. The molecule has 298 valence electrons. The molecule has 7 rings (SSSR count). The zero-order valence-electron chi connectivity index (χ0n) is 35.1. The third-order valence-electron chi connectivity index (χ3n) is 11.7. The molecular formula is C50H59N8+. The number of benzene rings is 5. The van der Waals surface area contributed by atoms with Crippen LogP contribution in [0.3, 0.4) is 0 Å². The molecule has 1 aliphatic carbocycles. The molecule has 1 aromatic heterocycles. The fraction of sp³-hybridized carbons (Fsp3) is 0.300. The quantitative estimate of drug-likeness (QED) is 0.0307. The number of unbranched alkanes of at least 4 members (excludes halogenated alkanes) is 5. The molecule has 8 heteroatoms. The Morgan fingerprint density at radius 2 is 1.29 bits per heavy atom. The highest BCUT2D eigenvalue weighted by atomic mass is 15.0. The van der Waals surface area contributed by atoms with Crippen LogP contribution in [0.4, 0.5) is 34.1 Å². The number of nitrogen functional groups attached to an aromatic ring is 2. The molecule has 0 aliphatic heterocycles. The first kappa shape index (κ1) is 40.1. The highest BCUT2D eigenvalue weighted by molar-refractivity contribution is 6.01. The van der Waals surface area contributed by atoms with Crippen LogP contribution < -0.4 is 32.0 Å². The Kier molecular flexibility index (Phi) is 12.4. The molecular weight excluding hydrogens is 713 g/mol. The number of fused-ring (bicyclic) bond motifs is 2. The number of hydrogen-bond acceptors (Lipinski definition) is 7. The van der Waals surface area contributed by atoms with Crippen molar-refractivity contribution < 1.29 is 4.57 Å². The topological polar surface area (TPSA) is 117 Å². The minimum absolute atomic E-state index is 0.771. The second kappa shape index (κ2) is 18.0. The first-order chi connectivity index (χ1) is 28.1. The smallest absolute Gasteiger partial charge is 0.239 e. The van der Waals surface area contributed by atoms with Crippen molar-refractivity contribution in [1.82, 2.24) is 10.3 Å². The molecule has 0 spiro atoms. The molecule has 0 bridgehead atoms. The number of aryl methyl sites for hydroxylation is 2. The molecule has 7 N–H and O–H groups in total. The van der Waals surface area contributed by atoms with Gasteiger partial charge in [0.2, 0.25) is 16.7 Å². The molecule has 58 heavy (non-hydrogen) atoms. The molecule has 0 atom stereocenters. The number of rotatable bonds is 15. The summed E-state index contributed by atoms with van der Waals surface area (Å²) in [7, 11) is 0. The van der Waals surface area contributed by atoms with E-state index in [1.807, 2.05) is 24.3 Å². The number of aromatic nitrogens is 2. The van der Waals surface area contributed by atoms with Gasteiger partial charge in [0.1, 0.15) is 11.0 Å². The van der Waals surface area contributed by atoms with Gasteiger partial charge in [-0.2, -0.15) is 0 Å². The van der Waals surface area contributed by atoms with Gasteiger partial charge in [0.05, 0.1) is 11.4 Å². The Morgan fingerprint density at radius 3 is 2.00 bits per heavy atom. The zero-order valence-corrected chi connectivity index (χ0v) is 35.1. The van der Waals surface area contributed by atoms with Crippen LogP contribution in [-0.4, -0.2) is 23.8 Å². The van der Waals surface area contributed by atoms with Crippen LogP contribution >= 0.6 is 0 Å². The first-order valence-corrected chi connectivity index (χ1v) is 20.9. The number of allylic oxidation sites excluding steroid dienone is 3. The summed E-state index contributed by atoms with van der Waals surface area (Å²) in [5, 5.41) is 11.0. The Morgan fingerprint density at radius 1 is 0.655 bits per heavy atom. The van der Waals surface area contributed by atoms with E-state index < -0.39 is 0 Å². The van der Waals surface area contributed by atoms with Crippen LogP contribution in [0, 0.1) is 34.6 Å². The predicted molar refractivity (Wildman–Crippen MR) is 247 cm³/mol. The SMILES string of the molecule is CC1=CC(=Nc2c(Nc3ccccc3)cc(N)c(C)c2C)CC=C1NCCCCCCCCNc1cc2c(cc1C)nc1c(C)c(C)c(N)cc1[n+]2-c1ccccc1. The number of aliphatic imine (C=N–C) groups is 1. The first-order valence-electron chi connectivity index (χ1n) is 20.9. The summed E-state index contributed by atoms with van der Waals surface area (Å²) in [4.78, 5) is 10.3. The maximum atomic E-state index is 6.49. The lowest BCUT2D eigenvalue weighted by Gasteiger charge is -2.19. The molecule has 5 aromatic carbocycles. The van der Waals surface area contributed by atoms with E-state index in [1.54, 1.807) is 0 Å². The lowest BCUT2D eigenvalue weighted by Crippen LogP contribution is -2.33. The number of hydrogen-bond donors (Lipinski definition) is 5. The van der Waals surface area contributed by atoms with Crippen molar-refractivity contribution in [1.29, 1.82) is 0 Å². The van der Waals surface area contributed by atoms with Gasteiger partial charge in [-0.3, -0.25) is 4.99 Å². The van der Waals surface area contributed by atoms with Crippen LogP contribution in [0.25, 0.3) is 27.8 Å². The van der Waals surface area contributed by atoms with Gasteiger partial charge >= 0.3 is 0 Å². The largest absolute Gasteiger partial charge is 0.398 e. The summed E-state index contributed by atoms with van der Waals surface area (Å²) in [6.07, 6.45) is 12.5. The van der Waals surface area contributed by atoms with Gasteiger partial charge in [0.15, 0.2) is 0 Å². The van der Waals surface area contributed by atoms with Gasteiger partial charge in [-0.15, -0.1) is 4.57 Å². The predicted octanol–water partition coefficient (Wildman–Crippen LogP) is 11.5. The summed E-state index contributed by atoms with van der Waals surface area (Å²) in [5.41, 5.74) is 32.7. The second-order valence-corrected chi connectivity index (χ2v) is 15.9. The van der Waals surface area contributed by atoms with E-state index >= 15 is 0 Å². The normalized spacial score (nSPS) is 13.5. The maximum Gasteiger partial charge on any atom is 0.239 e. The summed E-state index contributed by atoms with van der Waals surface area (Å²) in [5.74, 6) is 0. The summed E-state index contributed by atoms with van der Waals surface area (Å²) < 4.78 is 2.30. The van der Waals surface area contributed by atoms with Crippen LogP contribution in [-0.2, 0) is 0 Å². The molecule has 1 heterocycles. The van der Waals surface area contributed by atoms with Crippen molar-refractivity contribution in [3.05, 3.63) is 136 Å². The van der Waals surface area contributed by atoms with Gasteiger partial charge in [-0.05, 0) is 118 Å². The fourth-order valence-corrected chi connectivity index (χ4v) is 7.90. The van der Waals surface area contributed by atoms with E-state index in [4.69, 9.17) is 21.4 Å². The average molecular weight is 772 g/mol. The maximum absolute atomic E-state index is 6.49. The molecule has 0 radical (unpaired) electrons. The van der Waals surface area contributed by atoms with Gasteiger partial charge in [-0.25, -0.2) is 4.98 Å². The molecule has 0 unspecified atom stereocenters. The summed E-state index contributed by atoms with van der Waals surface area (Å²) in [6.45, 7) is 14.6. The average Bonchev–Trinajstić information content (AvgIpc) is 3.22. The van der Waals surface area contributed by atoms with Gasteiger partial charge in [-0.1, -0.05) is 68.2 Å². The van der Waals surface area contributed by atoms with Crippen LogP contribution in [0.15, 0.2) is 113 Å². The van der Waals surface area contributed by atoms with E-state index in [2.05, 4.69) is 135 Å². The molecule has 6 aromatic rings. The molecule has 0 saturated carbocycles. The van der Waals surface area contributed by atoms with E-state index in [9.17, 15) is 0 Å². The van der Waals surface area contributed by atoms with Gasteiger partial charge < -0.3 is 27.4 Å². The number of nitrogens with two attached hydrogens (primary N) is 2. The van der Waals surface area contributed by atoms with Crippen molar-refractivity contribution in [2.24, 2.45) is 4.99 Å². The van der Waals surface area contributed by atoms with Gasteiger partial charge in [0.25, 0.3) is 0 Å². The third-order valence-corrected chi connectivity index (χ3v) is 11.7. The van der Waals surface area contributed by atoms with Crippen LogP contribution in [0.2, 0.25) is 0 Å². The van der Waals surface area contributed by atoms with E-state index in [1.165, 1.54) is 42.5 Å². The molecule has 0 saturated heterocycles. The zero-order chi connectivity index (χ0) is 40.8. The minimum Gasteiger partial charge on any atom is -0.398 e. The van der Waals surface area contributed by atoms with E-state index in [-0.39, 0.29) is 0 Å². The Balaban J connectivity index is 0.880. The number of anilines is 5. The second-order valence-electron chi connectivity index (χ2n) is 15.9. The standard InChI is InChI=1S/C50H58N8/c1-32-27-39(56-49-36(5)34(3)41(51)29-46(49)55-38-19-13-11-14-20-38)23-24-43(32)53-25-17-9-7-8-10-18-26-54-44-31-47-45(28-33(44)2)57-50-37(6)35(4)42(52)30-48(50)58(47)40-21-15-12-16-22-40/h11-16,19-22,24,27-31,53,55H,7-10,17-18,23,25-26,51H2,1-6H3,(H2,52,54)/p+1. The molecule has 1 aliphatic rings. The highest BCUT2D eigenvalue weighted by Crippen LogP contribution is 2.38. The summed E-state index contributed by atoms with van der Waals surface area (Å²) in [6, 6.07) is 29.2. The highest BCUT2D eigenvalue weighted by Gasteiger charge is 2.23. The Bertz CT molecular complexity index is 2530. The third kappa shape index (κ3) is 8.86. The van der Waals surface area contributed by atoms with E-state index in [0.29, 0.717) is 0 Å². The van der Waals surface area contributed by atoms with Crippen molar-refractivity contribution in [2.45, 2.75) is 86.5 Å². The van der Waals surface area contributed by atoms with Crippen LogP contribution in [0.5, 0.6) is 0 Å². The monoisotopic (exact) mass is 771 g/mol. The van der Waals surface area contributed by atoms with Crippen molar-refractivity contribution >= 4 is 61.9 Å². The Hall–Kier alpha value is -6.15. The molecule has 0 amide bonds. The van der Waals surface area contributed by atoms with E-state index in [0.717, 1.165) is 122 Å². The number of para-hydroxylation sites is 2. The van der Waals surface area contributed by atoms with Gasteiger partial charge in [0, 0.05) is 77.9 Å². The molecule has 0 fully saturated rings. The number of nitrogens with one attached hydrogen (secondary N) is 3. The van der Waals surface area contributed by atoms with Crippen molar-refractivity contribution in [2.75, 3.05) is 35.2 Å². The Labute approximate surface area is 344 Å². The summed E-state index contributed by atoms with van der Waals surface area (Å²) >= 11 is 0. The minimum atomic E-state index is 0.771.